The smallest absolute Gasteiger partial charge is 0.310 e. The molecule has 0 radical (unpaired) electrons. The summed E-state index contributed by atoms with van der Waals surface area (Å²) in [6, 6.07) is 0. The maximum atomic E-state index is 12.3. The maximum absolute atomic E-state index is 12.3. The van der Waals surface area contributed by atoms with E-state index in [1.807, 2.05) is 41.5 Å². The van der Waals surface area contributed by atoms with Crippen LogP contribution in [0.3, 0.4) is 0 Å². The van der Waals surface area contributed by atoms with Crippen LogP contribution >= 0.6 is 0 Å². The van der Waals surface area contributed by atoms with Crippen molar-refractivity contribution in [3.8, 4) is 0 Å². The summed E-state index contributed by atoms with van der Waals surface area (Å²) in [5.74, 6) is -1.49. The molecule has 118 valence electrons. The third-order valence-corrected chi connectivity index (χ3v) is 3.23. The van der Waals surface area contributed by atoms with Crippen LogP contribution in [0.1, 0.15) is 60.8 Å². The zero-order chi connectivity index (χ0) is 15.8. The summed E-state index contributed by atoms with van der Waals surface area (Å²) >= 11 is 0. The second kappa shape index (κ2) is 8.98. The van der Waals surface area contributed by atoms with Gasteiger partial charge >= 0.3 is 11.9 Å². The predicted octanol–water partition coefficient (Wildman–Crippen LogP) is 3.58. The van der Waals surface area contributed by atoms with Gasteiger partial charge < -0.3 is 9.47 Å². The van der Waals surface area contributed by atoms with E-state index in [1.54, 1.807) is 0 Å². The van der Waals surface area contributed by atoms with Crippen molar-refractivity contribution < 1.29 is 19.1 Å². The minimum Gasteiger partial charge on any atom is -0.465 e. The van der Waals surface area contributed by atoms with Gasteiger partial charge in [-0.3, -0.25) is 9.59 Å². The lowest BCUT2D eigenvalue weighted by molar-refractivity contribution is -0.166. The fourth-order valence-electron chi connectivity index (χ4n) is 2.26. The molecule has 0 aliphatic rings. The Balaban J connectivity index is 5.06. The molecule has 0 rings (SSSR count). The van der Waals surface area contributed by atoms with E-state index < -0.39 is 11.8 Å². The molecule has 0 amide bonds. The van der Waals surface area contributed by atoms with Crippen LogP contribution in [0, 0.1) is 17.3 Å². The van der Waals surface area contributed by atoms with Gasteiger partial charge in [-0.1, -0.05) is 41.5 Å². The van der Waals surface area contributed by atoms with Crippen LogP contribution in [-0.4, -0.2) is 25.2 Å². The van der Waals surface area contributed by atoms with Crippen molar-refractivity contribution in [1.29, 1.82) is 0 Å². The Kier molecular flexibility index (Phi) is 8.51. The van der Waals surface area contributed by atoms with E-state index in [9.17, 15) is 9.59 Å². The molecule has 0 bridgehead atoms. The van der Waals surface area contributed by atoms with E-state index in [4.69, 9.17) is 9.47 Å². The highest BCUT2D eigenvalue weighted by atomic mass is 16.5. The second-order valence-electron chi connectivity index (χ2n) is 6.19. The molecule has 0 aromatic carbocycles. The largest absolute Gasteiger partial charge is 0.465 e. The topological polar surface area (TPSA) is 52.6 Å². The average molecular weight is 286 g/mol. The monoisotopic (exact) mass is 286 g/mol. The van der Waals surface area contributed by atoms with E-state index in [1.165, 1.54) is 0 Å². The lowest BCUT2D eigenvalue weighted by Crippen LogP contribution is -2.40. The standard InChI is InChI=1S/C16H30O4/c1-7-10-19-14(17)12(9-3)13(16(4,5)6)15(18)20-11-8-2/h12-13H,7-11H2,1-6H3. The minimum atomic E-state index is -0.469. The summed E-state index contributed by atoms with van der Waals surface area (Å²) in [4.78, 5) is 24.5. The highest BCUT2D eigenvalue weighted by Gasteiger charge is 2.42. The SMILES string of the molecule is CCCOC(=O)C(CC)C(C(=O)OCCC)C(C)(C)C. The molecule has 0 aromatic rings. The zero-order valence-electron chi connectivity index (χ0n) is 13.8. The van der Waals surface area contributed by atoms with Crippen LogP contribution in [0.5, 0.6) is 0 Å². The van der Waals surface area contributed by atoms with Crippen LogP contribution < -0.4 is 0 Å². The normalized spacial score (nSPS) is 14.5. The molecule has 0 fully saturated rings. The summed E-state index contributed by atoms with van der Waals surface area (Å²) in [5, 5.41) is 0. The third-order valence-electron chi connectivity index (χ3n) is 3.23. The van der Waals surface area contributed by atoms with Gasteiger partial charge in [0.2, 0.25) is 0 Å². The van der Waals surface area contributed by atoms with Crippen molar-refractivity contribution in [3.63, 3.8) is 0 Å². The Hall–Kier alpha value is -1.06. The van der Waals surface area contributed by atoms with E-state index in [0.717, 1.165) is 12.8 Å². The molecule has 2 atom stereocenters. The van der Waals surface area contributed by atoms with Crippen LogP contribution in [0.2, 0.25) is 0 Å². The lowest BCUT2D eigenvalue weighted by atomic mass is 9.72. The molecule has 0 spiro atoms. The Morgan fingerprint density at radius 1 is 0.900 bits per heavy atom. The molecule has 2 unspecified atom stereocenters. The Bertz CT molecular complexity index is 304. The number of hydrogen-bond donors (Lipinski definition) is 0. The van der Waals surface area contributed by atoms with Gasteiger partial charge in [-0.25, -0.2) is 0 Å². The summed E-state index contributed by atoms with van der Waals surface area (Å²) < 4.78 is 10.5. The summed E-state index contributed by atoms with van der Waals surface area (Å²) in [6.45, 7) is 12.5. The number of esters is 2. The van der Waals surface area contributed by atoms with Crippen molar-refractivity contribution in [2.24, 2.45) is 17.3 Å². The fourth-order valence-corrected chi connectivity index (χ4v) is 2.26. The first-order valence-corrected chi connectivity index (χ1v) is 7.62. The fraction of sp³-hybridized carbons (Fsp3) is 0.875. The molecule has 0 aliphatic carbocycles. The third kappa shape index (κ3) is 5.93. The molecule has 4 nitrogen and oxygen atoms in total. The van der Waals surface area contributed by atoms with Crippen molar-refractivity contribution >= 4 is 11.9 Å². The molecule has 20 heavy (non-hydrogen) atoms. The molecule has 0 N–H and O–H groups in total. The van der Waals surface area contributed by atoms with Crippen molar-refractivity contribution in [3.05, 3.63) is 0 Å². The first-order valence-electron chi connectivity index (χ1n) is 7.62. The van der Waals surface area contributed by atoms with Gasteiger partial charge in [0.1, 0.15) is 0 Å². The summed E-state index contributed by atoms with van der Waals surface area (Å²) in [5.41, 5.74) is -0.337. The van der Waals surface area contributed by atoms with Gasteiger partial charge in [0, 0.05) is 0 Å². The Morgan fingerprint density at radius 2 is 1.35 bits per heavy atom. The Morgan fingerprint density at radius 3 is 1.70 bits per heavy atom. The van der Waals surface area contributed by atoms with Gasteiger partial charge in [-0.15, -0.1) is 0 Å². The van der Waals surface area contributed by atoms with E-state index in [-0.39, 0.29) is 17.4 Å². The van der Waals surface area contributed by atoms with E-state index in [2.05, 4.69) is 0 Å². The zero-order valence-corrected chi connectivity index (χ0v) is 13.8. The quantitative estimate of drug-likeness (QED) is 0.640. The van der Waals surface area contributed by atoms with Crippen molar-refractivity contribution in [2.75, 3.05) is 13.2 Å². The first-order chi connectivity index (χ1) is 9.29. The van der Waals surface area contributed by atoms with Crippen LogP contribution in [0.15, 0.2) is 0 Å². The number of rotatable bonds is 8. The molecule has 0 aliphatic heterocycles. The average Bonchev–Trinajstić information content (AvgIpc) is 2.37. The number of ether oxygens (including phenoxy) is 2. The van der Waals surface area contributed by atoms with E-state index in [0.29, 0.717) is 19.6 Å². The molecule has 0 saturated heterocycles. The Labute approximate surface area is 123 Å². The first kappa shape index (κ1) is 18.9. The summed E-state index contributed by atoms with van der Waals surface area (Å²) in [6.07, 6.45) is 2.13. The minimum absolute atomic E-state index is 0.289. The van der Waals surface area contributed by atoms with Gasteiger partial charge in [0.15, 0.2) is 0 Å². The highest BCUT2D eigenvalue weighted by molar-refractivity contribution is 5.82. The van der Waals surface area contributed by atoms with Crippen molar-refractivity contribution in [1.82, 2.24) is 0 Å². The molecular formula is C16H30O4. The number of carbonyl (C=O) groups excluding carboxylic acids is 2. The summed E-state index contributed by atoms with van der Waals surface area (Å²) in [7, 11) is 0. The van der Waals surface area contributed by atoms with Gasteiger partial charge in [0.05, 0.1) is 25.0 Å². The lowest BCUT2D eigenvalue weighted by Gasteiger charge is -2.33. The molecule has 0 saturated carbocycles. The van der Waals surface area contributed by atoms with Crippen LogP contribution in [0.4, 0.5) is 0 Å². The number of carbonyl (C=O) groups is 2. The van der Waals surface area contributed by atoms with Crippen LogP contribution in [0.25, 0.3) is 0 Å². The van der Waals surface area contributed by atoms with Gasteiger partial charge in [-0.05, 0) is 24.7 Å². The predicted molar refractivity (Wildman–Crippen MR) is 79.2 cm³/mol. The number of hydrogen-bond acceptors (Lipinski definition) is 4. The van der Waals surface area contributed by atoms with Crippen molar-refractivity contribution in [2.45, 2.75) is 60.8 Å². The molecular weight excluding hydrogens is 256 g/mol. The molecule has 0 aromatic heterocycles. The molecule has 0 heterocycles. The maximum Gasteiger partial charge on any atom is 0.310 e. The van der Waals surface area contributed by atoms with Gasteiger partial charge in [0.25, 0.3) is 0 Å². The van der Waals surface area contributed by atoms with Gasteiger partial charge in [-0.2, -0.15) is 0 Å². The van der Waals surface area contributed by atoms with Crippen LogP contribution in [-0.2, 0) is 19.1 Å². The second-order valence-corrected chi connectivity index (χ2v) is 6.19. The van der Waals surface area contributed by atoms with E-state index >= 15 is 0 Å². The molecule has 4 heteroatoms. The highest BCUT2D eigenvalue weighted by Crippen LogP contribution is 2.35.